The van der Waals surface area contributed by atoms with E-state index in [2.05, 4.69) is 25.3 Å². The molecule has 1 N–H and O–H groups in total. The van der Waals surface area contributed by atoms with Crippen molar-refractivity contribution >= 4 is 11.5 Å². The molecule has 0 aliphatic heterocycles. The number of nitrogens with zero attached hydrogens (tertiary/aromatic N) is 5. The van der Waals surface area contributed by atoms with Crippen LogP contribution in [0.1, 0.15) is 11.7 Å². The average molecular weight is 376 g/mol. The van der Waals surface area contributed by atoms with E-state index in [1.165, 1.54) is 12.1 Å². The first-order valence-electron chi connectivity index (χ1n) is 9.04. The monoisotopic (exact) mass is 376 g/mol. The summed E-state index contributed by atoms with van der Waals surface area (Å²) in [7, 11) is 4.06. The predicted molar refractivity (Wildman–Crippen MR) is 108 cm³/mol. The van der Waals surface area contributed by atoms with E-state index in [1.807, 2.05) is 44.4 Å². The summed E-state index contributed by atoms with van der Waals surface area (Å²) in [6.07, 6.45) is 3.51. The zero-order valence-corrected chi connectivity index (χ0v) is 15.7. The van der Waals surface area contributed by atoms with Crippen molar-refractivity contribution in [2.75, 3.05) is 26.0 Å². The van der Waals surface area contributed by atoms with Crippen molar-refractivity contribution in [1.29, 1.82) is 0 Å². The van der Waals surface area contributed by atoms with Crippen molar-refractivity contribution in [3.8, 4) is 11.3 Å². The molecular formula is C21H21FN6. The normalized spacial score (nSPS) is 12.4. The van der Waals surface area contributed by atoms with Gasteiger partial charge in [-0.1, -0.05) is 6.07 Å². The van der Waals surface area contributed by atoms with Crippen LogP contribution < -0.4 is 5.32 Å². The maximum atomic E-state index is 13.3. The van der Waals surface area contributed by atoms with Crippen LogP contribution in [0.4, 0.5) is 10.2 Å². The van der Waals surface area contributed by atoms with Crippen LogP contribution >= 0.6 is 0 Å². The Morgan fingerprint density at radius 2 is 1.89 bits per heavy atom. The van der Waals surface area contributed by atoms with Crippen LogP contribution in [0, 0.1) is 5.82 Å². The molecule has 0 saturated carbocycles. The van der Waals surface area contributed by atoms with Gasteiger partial charge in [-0.25, -0.2) is 9.37 Å². The van der Waals surface area contributed by atoms with Gasteiger partial charge in [0.15, 0.2) is 5.65 Å². The van der Waals surface area contributed by atoms with Gasteiger partial charge in [0.05, 0.1) is 23.6 Å². The number of rotatable bonds is 6. The largest absolute Gasteiger partial charge is 0.368 e. The number of hydrogen-bond donors (Lipinski definition) is 1. The fourth-order valence-electron chi connectivity index (χ4n) is 3.13. The molecule has 3 heterocycles. The molecule has 6 nitrogen and oxygen atoms in total. The maximum absolute atomic E-state index is 13.3. The second-order valence-corrected chi connectivity index (χ2v) is 6.75. The number of anilines is 1. The number of nitrogens with one attached hydrogen (secondary N) is 1. The Morgan fingerprint density at radius 1 is 1.07 bits per heavy atom. The fourth-order valence-corrected chi connectivity index (χ4v) is 3.13. The van der Waals surface area contributed by atoms with Crippen molar-refractivity contribution in [2.45, 2.75) is 6.04 Å². The second kappa shape index (κ2) is 7.74. The highest BCUT2D eigenvalue weighted by Crippen LogP contribution is 2.24. The van der Waals surface area contributed by atoms with E-state index >= 15 is 0 Å². The first kappa shape index (κ1) is 18.1. The van der Waals surface area contributed by atoms with Crippen LogP contribution in [0.2, 0.25) is 0 Å². The molecule has 0 amide bonds. The molecule has 1 aromatic carbocycles. The number of pyridine rings is 1. The molecule has 0 saturated heterocycles. The highest BCUT2D eigenvalue weighted by atomic mass is 19.1. The first-order valence-corrected chi connectivity index (χ1v) is 9.04. The Kier molecular flexibility index (Phi) is 4.99. The van der Waals surface area contributed by atoms with Gasteiger partial charge in [0.2, 0.25) is 0 Å². The van der Waals surface area contributed by atoms with E-state index in [1.54, 1.807) is 29.0 Å². The Balaban J connectivity index is 1.66. The summed E-state index contributed by atoms with van der Waals surface area (Å²) < 4.78 is 15.0. The average Bonchev–Trinajstić information content (AvgIpc) is 3.18. The van der Waals surface area contributed by atoms with Crippen molar-refractivity contribution in [3.63, 3.8) is 0 Å². The zero-order valence-electron chi connectivity index (χ0n) is 15.7. The highest BCUT2D eigenvalue weighted by Gasteiger charge is 2.16. The number of hydrogen-bond acceptors (Lipinski definition) is 5. The molecule has 4 rings (SSSR count). The van der Waals surface area contributed by atoms with E-state index in [4.69, 9.17) is 0 Å². The third-order valence-electron chi connectivity index (χ3n) is 4.63. The molecule has 0 radical (unpaired) electrons. The van der Waals surface area contributed by atoms with Crippen LogP contribution in [0.25, 0.3) is 16.9 Å². The van der Waals surface area contributed by atoms with E-state index in [0.717, 1.165) is 28.4 Å². The fraction of sp³-hybridized carbons (Fsp3) is 0.190. The molecule has 0 unspecified atom stereocenters. The summed E-state index contributed by atoms with van der Waals surface area (Å²) in [4.78, 5) is 11.2. The van der Waals surface area contributed by atoms with Gasteiger partial charge < -0.3 is 5.32 Å². The van der Waals surface area contributed by atoms with Crippen molar-refractivity contribution in [3.05, 3.63) is 78.5 Å². The van der Waals surface area contributed by atoms with E-state index in [9.17, 15) is 4.39 Å². The minimum atomic E-state index is -0.267. The molecule has 0 fully saturated rings. The molecule has 0 aliphatic carbocycles. The highest BCUT2D eigenvalue weighted by molar-refractivity contribution is 5.66. The number of aromatic nitrogens is 4. The van der Waals surface area contributed by atoms with Gasteiger partial charge in [0, 0.05) is 30.4 Å². The Morgan fingerprint density at radius 3 is 2.61 bits per heavy atom. The molecule has 7 heteroatoms. The molecule has 0 bridgehead atoms. The van der Waals surface area contributed by atoms with Gasteiger partial charge in [0.25, 0.3) is 0 Å². The molecule has 142 valence electrons. The van der Waals surface area contributed by atoms with E-state index < -0.39 is 0 Å². The Bertz CT molecular complexity index is 1060. The lowest BCUT2D eigenvalue weighted by Gasteiger charge is -2.24. The Labute approximate surface area is 162 Å². The van der Waals surface area contributed by atoms with Gasteiger partial charge in [-0.15, -0.1) is 0 Å². The zero-order chi connectivity index (χ0) is 19.5. The lowest BCUT2D eigenvalue weighted by Crippen LogP contribution is -2.28. The summed E-state index contributed by atoms with van der Waals surface area (Å²) >= 11 is 0. The third kappa shape index (κ3) is 3.70. The number of likely N-dealkylation sites (N-methyl/N-ethyl adjacent to an activating group) is 1. The minimum absolute atomic E-state index is 0.0919. The van der Waals surface area contributed by atoms with Gasteiger partial charge >= 0.3 is 0 Å². The summed E-state index contributed by atoms with van der Waals surface area (Å²) in [5.41, 5.74) is 3.32. The lowest BCUT2D eigenvalue weighted by atomic mass is 10.1. The van der Waals surface area contributed by atoms with Crippen molar-refractivity contribution in [2.24, 2.45) is 0 Å². The standard InChI is InChI=1S/C21H21FN6/c1-27(2)19(17-5-3-4-11-23-17)14-24-21-13-18(15-6-8-16(22)9-7-15)26-20-10-12-25-28(20)21/h3-13,19,24H,14H2,1-2H3/t19-/m1/s1. The predicted octanol–water partition coefficient (Wildman–Crippen LogP) is 3.65. The number of halogens is 1. The Hall–Kier alpha value is -3.32. The van der Waals surface area contributed by atoms with Gasteiger partial charge in [-0.3, -0.25) is 9.88 Å². The quantitative estimate of drug-likeness (QED) is 0.557. The van der Waals surface area contributed by atoms with Crippen LogP contribution in [0.3, 0.4) is 0 Å². The summed E-state index contributed by atoms with van der Waals surface area (Å²) in [5.74, 6) is 0.550. The van der Waals surface area contributed by atoms with Gasteiger partial charge in [-0.05, 0) is 50.5 Å². The molecule has 28 heavy (non-hydrogen) atoms. The summed E-state index contributed by atoms with van der Waals surface area (Å²) in [6.45, 7) is 0.645. The molecule has 0 aliphatic rings. The first-order chi connectivity index (χ1) is 13.6. The molecule has 3 aromatic heterocycles. The third-order valence-corrected chi connectivity index (χ3v) is 4.63. The molecule has 1 atom stereocenters. The number of benzene rings is 1. The molecule has 4 aromatic rings. The molecular weight excluding hydrogens is 355 g/mol. The number of fused-ring (bicyclic) bond motifs is 1. The van der Waals surface area contributed by atoms with Gasteiger partial charge in [-0.2, -0.15) is 9.61 Å². The second-order valence-electron chi connectivity index (χ2n) is 6.75. The molecule has 0 spiro atoms. The maximum Gasteiger partial charge on any atom is 0.157 e. The van der Waals surface area contributed by atoms with E-state index in [-0.39, 0.29) is 11.9 Å². The van der Waals surface area contributed by atoms with Crippen LogP contribution in [-0.4, -0.2) is 45.1 Å². The van der Waals surface area contributed by atoms with Crippen LogP contribution in [-0.2, 0) is 0 Å². The van der Waals surface area contributed by atoms with Crippen molar-refractivity contribution in [1.82, 2.24) is 24.5 Å². The summed E-state index contributed by atoms with van der Waals surface area (Å²) in [5, 5.41) is 7.85. The SMILES string of the molecule is CN(C)[C@H](CNc1cc(-c2ccc(F)cc2)nc2ccnn12)c1ccccn1. The lowest BCUT2D eigenvalue weighted by molar-refractivity contribution is 0.305. The van der Waals surface area contributed by atoms with Crippen molar-refractivity contribution < 1.29 is 4.39 Å². The topological polar surface area (TPSA) is 58.3 Å². The van der Waals surface area contributed by atoms with E-state index in [0.29, 0.717) is 6.54 Å². The van der Waals surface area contributed by atoms with Crippen LogP contribution in [0.5, 0.6) is 0 Å². The summed E-state index contributed by atoms with van der Waals surface area (Å²) in [6, 6.07) is 16.1. The van der Waals surface area contributed by atoms with Gasteiger partial charge in [0.1, 0.15) is 11.6 Å². The van der Waals surface area contributed by atoms with Crippen LogP contribution in [0.15, 0.2) is 67.0 Å². The smallest absolute Gasteiger partial charge is 0.157 e. The minimum Gasteiger partial charge on any atom is -0.368 e.